The maximum Gasteiger partial charge on any atom is 0.137 e. The van der Waals surface area contributed by atoms with Crippen LogP contribution in [0.5, 0.6) is 0 Å². The van der Waals surface area contributed by atoms with Gasteiger partial charge in [-0.05, 0) is 6.07 Å². The van der Waals surface area contributed by atoms with Crippen LogP contribution in [-0.4, -0.2) is 18.3 Å². The van der Waals surface area contributed by atoms with Crippen LogP contribution in [0.3, 0.4) is 0 Å². The van der Waals surface area contributed by atoms with Crippen molar-refractivity contribution in [2.24, 2.45) is 0 Å². The van der Waals surface area contributed by atoms with Gasteiger partial charge in [0.25, 0.3) is 0 Å². The third kappa shape index (κ3) is 1.44. The zero-order valence-electron chi connectivity index (χ0n) is 6.76. The predicted octanol–water partition coefficient (Wildman–Crippen LogP) is 2.21. The van der Waals surface area contributed by atoms with E-state index >= 15 is 0 Å². The van der Waals surface area contributed by atoms with Crippen molar-refractivity contribution in [3.8, 4) is 0 Å². The Labute approximate surface area is 86.0 Å². The average Bonchev–Trinajstić information content (AvgIpc) is 2.06. The van der Waals surface area contributed by atoms with Gasteiger partial charge in [0.1, 0.15) is 5.60 Å². The van der Waals surface area contributed by atoms with Gasteiger partial charge in [-0.15, -0.1) is 0 Å². The normalized spacial score (nSPS) is 19.6. The fourth-order valence-corrected chi connectivity index (χ4v) is 1.79. The largest absolute Gasteiger partial charge is 0.380 e. The first kappa shape index (κ1) is 9.28. The Morgan fingerprint density at radius 3 is 2.54 bits per heavy atom. The number of hydrogen-bond acceptors (Lipinski definition) is 2. The Balaban J connectivity index is 2.45. The third-order valence-corrected chi connectivity index (χ3v) is 2.95. The average molecular weight is 219 g/mol. The summed E-state index contributed by atoms with van der Waals surface area (Å²) in [6.45, 7) is 0.570. The van der Waals surface area contributed by atoms with Crippen LogP contribution >= 0.6 is 23.2 Å². The van der Waals surface area contributed by atoms with Crippen LogP contribution < -0.4 is 0 Å². The molecule has 1 saturated heterocycles. The van der Waals surface area contributed by atoms with Gasteiger partial charge >= 0.3 is 0 Å². The van der Waals surface area contributed by atoms with E-state index in [1.807, 2.05) is 0 Å². The quantitative estimate of drug-likeness (QED) is 0.784. The van der Waals surface area contributed by atoms with Gasteiger partial charge in [0.2, 0.25) is 0 Å². The molecule has 1 aromatic carbocycles. The van der Waals surface area contributed by atoms with E-state index < -0.39 is 5.60 Å². The highest BCUT2D eigenvalue weighted by Gasteiger charge is 2.39. The number of benzene rings is 1. The molecule has 2 rings (SSSR count). The van der Waals surface area contributed by atoms with Gasteiger partial charge in [0, 0.05) is 5.56 Å². The summed E-state index contributed by atoms with van der Waals surface area (Å²) in [5, 5.41) is 10.8. The van der Waals surface area contributed by atoms with Crippen molar-refractivity contribution in [2.75, 3.05) is 13.2 Å². The lowest BCUT2D eigenvalue weighted by Crippen LogP contribution is -2.46. The minimum atomic E-state index is -0.942. The van der Waals surface area contributed by atoms with E-state index in [0.717, 1.165) is 0 Å². The predicted molar refractivity (Wildman–Crippen MR) is 51.2 cm³/mol. The number of ether oxygens (including phenoxy) is 1. The van der Waals surface area contributed by atoms with Gasteiger partial charge in [-0.3, -0.25) is 0 Å². The molecular formula is C9H8Cl2O2. The van der Waals surface area contributed by atoms with E-state index in [9.17, 15) is 5.11 Å². The van der Waals surface area contributed by atoms with Gasteiger partial charge in [-0.1, -0.05) is 35.3 Å². The van der Waals surface area contributed by atoms with E-state index in [2.05, 4.69) is 0 Å². The van der Waals surface area contributed by atoms with Crippen LogP contribution in [0.25, 0.3) is 0 Å². The van der Waals surface area contributed by atoms with Gasteiger partial charge in [0.15, 0.2) is 0 Å². The van der Waals surface area contributed by atoms with Crippen LogP contribution in [0.2, 0.25) is 10.0 Å². The van der Waals surface area contributed by atoms with E-state index in [0.29, 0.717) is 15.6 Å². The molecule has 0 unspecified atom stereocenters. The SMILES string of the molecule is OC1(c2cccc(Cl)c2Cl)COC1. The van der Waals surface area contributed by atoms with Crippen molar-refractivity contribution < 1.29 is 9.84 Å². The molecule has 0 amide bonds. The third-order valence-electron chi connectivity index (χ3n) is 2.13. The Morgan fingerprint density at radius 2 is 2.00 bits per heavy atom. The molecule has 70 valence electrons. The summed E-state index contributed by atoms with van der Waals surface area (Å²) >= 11 is 11.8. The highest BCUT2D eigenvalue weighted by atomic mass is 35.5. The molecule has 13 heavy (non-hydrogen) atoms. The highest BCUT2D eigenvalue weighted by Crippen LogP contribution is 2.37. The summed E-state index contributed by atoms with van der Waals surface area (Å²) in [6, 6.07) is 5.22. The number of halogens is 2. The van der Waals surface area contributed by atoms with Crippen molar-refractivity contribution in [2.45, 2.75) is 5.60 Å². The molecule has 2 nitrogen and oxygen atoms in total. The van der Waals surface area contributed by atoms with E-state index in [1.165, 1.54) is 0 Å². The van der Waals surface area contributed by atoms with Crippen molar-refractivity contribution in [3.63, 3.8) is 0 Å². The second-order valence-electron chi connectivity index (χ2n) is 3.13. The molecule has 1 aliphatic rings. The summed E-state index contributed by atoms with van der Waals surface area (Å²) < 4.78 is 4.94. The number of hydrogen-bond donors (Lipinski definition) is 1. The second-order valence-corrected chi connectivity index (χ2v) is 3.91. The first-order valence-electron chi connectivity index (χ1n) is 3.88. The lowest BCUT2D eigenvalue weighted by Gasteiger charge is -2.37. The molecular weight excluding hydrogens is 211 g/mol. The molecule has 0 aromatic heterocycles. The molecule has 1 N–H and O–H groups in total. The molecule has 0 bridgehead atoms. The summed E-state index contributed by atoms with van der Waals surface area (Å²) in [5.74, 6) is 0. The first-order chi connectivity index (χ1) is 6.13. The minimum absolute atomic E-state index is 0.285. The molecule has 0 atom stereocenters. The Hall–Kier alpha value is -0.280. The molecule has 1 heterocycles. The second kappa shape index (κ2) is 3.14. The summed E-state index contributed by atoms with van der Waals surface area (Å²) in [5.41, 5.74) is -0.296. The van der Waals surface area contributed by atoms with Gasteiger partial charge in [-0.2, -0.15) is 0 Å². The van der Waals surface area contributed by atoms with Crippen LogP contribution in [0.4, 0.5) is 0 Å². The maximum absolute atomic E-state index is 9.92. The van der Waals surface area contributed by atoms with Crippen LogP contribution in [-0.2, 0) is 10.3 Å². The molecule has 0 aliphatic carbocycles. The van der Waals surface area contributed by atoms with Crippen LogP contribution in [0.15, 0.2) is 18.2 Å². The summed E-state index contributed by atoms with van der Waals surface area (Å²) in [7, 11) is 0. The highest BCUT2D eigenvalue weighted by molar-refractivity contribution is 6.42. The molecule has 1 aromatic rings. The van der Waals surface area contributed by atoms with Gasteiger partial charge in [-0.25, -0.2) is 0 Å². The van der Waals surface area contributed by atoms with Crippen molar-refractivity contribution >= 4 is 23.2 Å². The first-order valence-corrected chi connectivity index (χ1v) is 4.64. The van der Waals surface area contributed by atoms with Crippen molar-refractivity contribution in [1.82, 2.24) is 0 Å². The fourth-order valence-electron chi connectivity index (χ4n) is 1.31. The number of rotatable bonds is 1. The van der Waals surface area contributed by atoms with Crippen LogP contribution in [0, 0.1) is 0 Å². The zero-order chi connectivity index (χ0) is 9.47. The molecule has 1 aliphatic heterocycles. The Kier molecular flexibility index (Phi) is 2.24. The molecule has 0 saturated carbocycles. The Morgan fingerprint density at radius 1 is 1.31 bits per heavy atom. The lowest BCUT2D eigenvalue weighted by molar-refractivity contribution is -0.184. The van der Waals surface area contributed by atoms with Gasteiger partial charge < -0.3 is 9.84 Å². The van der Waals surface area contributed by atoms with Crippen molar-refractivity contribution in [1.29, 1.82) is 0 Å². The van der Waals surface area contributed by atoms with E-state index in [4.69, 9.17) is 27.9 Å². The van der Waals surface area contributed by atoms with Crippen LogP contribution in [0.1, 0.15) is 5.56 Å². The molecule has 4 heteroatoms. The number of aliphatic hydroxyl groups is 1. The smallest absolute Gasteiger partial charge is 0.137 e. The summed E-state index contributed by atoms with van der Waals surface area (Å²) in [6.07, 6.45) is 0. The van der Waals surface area contributed by atoms with Crippen molar-refractivity contribution in [3.05, 3.63) is 33.8 Å². The Bertz CT molecular complexity index is 334. The zero-order valence-corrected chi connectivity index (χ0v) is 8.27. The lowest BCUT2D eigenvalue weighted by atomic mass is 9.92. The minimum Gasteiger partial charge on any atom is -0.380 e. The maximum atomic E-state index is 9.92. The molecule has 0 spiro atoms. The standard InChI is InChI=1S/C9H8Cl2O2/c10-7-3-1-2-6(8(7)11)9(12)4-13-5-9/h1-3,12H,4-5H2. The van der Waals surface area contributed by atoms with E-state index in [-0.39, 0.29) is 13.2 Å². The summed E-state index contributed by atoms with van der Waals surface area (Å²) in [4.78, 5) is 0. The fraction of sp³-hybridized carbons (Fsp3) is 0.333. The van der Waals surface area contributed by atoms with E-state index in [1.54, 1.807) is 18.2 Å². The molecule has 0 radical (unpaired) electrons. The monoisotopic (exact) mass is 218 g/mol. The molecule has 1 fully saturated rings. The topological polar surface area (TPSA) is 29.5 Å². The van der Waals surface area contributed by atoms with Gasteiger partial charge in [0.05, 0.1) is 23.3 Å².